The largest absolute Gasteiger partial charge is 0.373 e. The molecule has 0 aromatic carbocycles. The highest BCUT2D eigenvalue weighted by Crippen LogP contribution is 2.24. The van der Waals surface area contributed by atoms with Crippen LogP contribution in [0.5, 0.6) is 0 Å². The van der Waals surface area contributed by atoms with E-state index in [4.69, 9.17) is 4.74 Å². The fraction of sp³-hybridized carbons (Fsp3) is 0.769. The first-order valence-corrected chi connectivity index (χ1v) is 7.38. The summed E-state index contributed by atoms with van der Waals surface area (Å²) < 4.78 is 8.92. The van der Waals surface area contributed by atoms with Crippen LogP contribution in [-0.2, 0) is 24.8 Å². The summed E-state index contributed by atoms with van der Waals surface area (Å²) in [6.45, 7) is 9.32. The number of hydrogen-bond donors (Lipinski definition) is 0. The van der Waals surface area contributed by atoms with Gasteiger partial charge in [0.2, 0.25) is 0 Å². The molecule has 2 rings (SSSR count). The Balaban J connectivity index is 2.11. The molecule has 1 fully saturated rings. The first-order chi connectivity index (χ1) is 8.51. The third-order valence-corrected chi connectivity index (χ3v) is 4.29. The Morgan fingerprint density at radius 2 is 1.94 bits per heavy atom. The van der Waals surface area contributed by atoms with E-state index in [1.165, 1.54) is 10.2 Å². The smallest absolute Gasteiger partial charge is 0.0767 e. The second-order valence-electron chi connectivity index (χ2n) is 5.14. The third-order valence-electron chi connectivity index (χ3n) is 3.37. The van der Waals surface area contributed by atoms with Crippen molar-refractivity contribution in [3.05, 3.63) is 15.9 Å². The van der Waals surface area contributed by atoms with Gasteiger partial charge in [0, 0.05) is 26.7 Å². The Morgan fingerprint density at radius 3 is 2.44 bits per heavy atom. The zero-order valence-corrected chi connectivity index (χ0v) is 13.2. The van der Waals surface area contributed by atoms with Crippen molar-refractivity contribution in [1.82, 2.24) is 14.7 Å². The average Bonchev–Trinajstić information content (AvgIpc) is 2.55. The van der Waals surface area contributed by atoms with Crippen molar-refractivity contribution in [2.75, 3.05) is 13.1 Å². The van der Waals surface area contributed by atoms with Crippen molar-refractivity contribution >= 4 is 15.9 Å². The van der Waals surface area contributed by atoms with E-state index in [2.05, 4.69) is 46.7 Å². The van der Waals surface area contributed by atoms with Gasteiger partial charge in [0.05, 0.1) is 28.1 Å². The highest BCUT2D eigenvalue weighted by atomic mass is 79.9. The molecule has 0 amide bonds. The van der Waals surface area contributed by atoms with Crippen molar-refractivity contribution in [2.45, 2.75) is 45.9 Å². The van der Waals surface area contributed by atoms with Gasteiger partial charge in [0.1, 0.15) is 0 Å². The van der Waals surface area contributed by atoms with Crippen LogP contribution in [0.15, 0.2) is 4.47 Å². The summed E-state index contributed by atoms with van der Waals surface area (Å²) >= 11 is 3.68. The zero-order chi connectivity index (χ0) is 13.3. The average molecular weight is 316 g/mol. The van der Waals surface area contributed by atoms with Crippen molar-refractivity contribution in [3.8, 4) is 0 Å². The lowest BCUT2D eigenvalue weighted by molar-refractivity contribution is -0.0710. The van der Waals surface area contributed by atoms with Gasteiger partial charge in [-0.15, -0.1) is 0 Å². The van der Waals surface area contributed by atoms with E-state index in [9.17, 15) is 0 Å². The van der Waals surface area contributed by atoms with Crippen LogP contribution in [0, 0.1) is 0 Å². The van der Waals surface area contributed by atoms with Gasteiger partial charge < -0.3 is 4.74 Å². The summed E-state index contributed by atoms with van der Waals surface area (Å²) in [4.78, 5) is 2.44. The molecule has 1 saturated heterocycles. The number of morpholine rings is 1. The van der Waals surface area contributed by atoms with Crippen LogP contribution >= 0.6 is 15.9 Å². The van der Waals surface area contributed by atoms with E-state index in [0.717, 1.165) is 31.7 Å². The van der Waals surface area contributed by atoms with Crippen LogP contribution in [0.1, 0.15) is 32.2 Å². The van der Waals surface area contributed by atoms with Gasteiger partial charge in [0.25, 0.3) is 0 Å². The van der Waals surface area contributed by atoms with Crippen molar-refractivity contribution in [1.29, 1.82) is 0 Å². The molecule has 0 spiro atoms. The molecule has 5 heteroatoms. The molecule has 2 atom stereocenters. The van der Waals surface area contributed by atoms with Crippen molar-refractivity contribution in [3.63, 3.8) is 0 Å². The topological polar surface area (TPSA) is 30.3 Å². The number of aromatic nitrogens is 2. The minimum atomic E-state index is 0.311. The minimum absolute atomic E-state index is 0.311. The monoisotopic (exact) mass is 315 g/mol. The van der Waals surface area contributed by atoms with Gasteiger partial charge in [-0.05, 0) is 36.2 Å². The molecule has 1 aliphatic rings. The molecule has 0 bridgehead atoms. The van der Waals surface area contributed by atoms with Crippen molar-refractivity contribution < 1.29 is 4.74 Å². The highest BCUT2D eigenvalue weighted by molar-refractivity contribution is 9.10. The maximum Gasteiger partial charge on any atom is 0.0767 e. The molecule has 1 aromatic rings. The third kappa shape index (κ3) is 2.95. The van der Waals surface area contributed by atoms with E-state index >= 15 is 0 Å². The first-order valence-electron chi connectivity index (χ1n) is 6.59. The molecule has 4 nitrogen and oxygen atoms in total. The van der Waals surface area contributed by atoms with Crippen molar-refractivity contribution in [2.24, 2.45) is 7.05 Å². The fourth-order valence-corrected chi connectivity index (χ4v) is 3.36. The zero-order valence-electron chi connectivity index (χ0n) is 11.6. The lowest BCUT2D eigenvalue weighted by atomic mass is 10.2. The second-order valence-corrected chi connectivity index (χ2v) is 5.93. The van der Waals surface area contributed by atoms with Crippen LogP contribution in [0.25, 0.3) is 0 Å². The Hall–Kier alpha value is -0.390. The SMILES string of the molecule is CCc1nn(C)c(CN2CC(C)OC(C)C2)c1Br. The predicted molar refractivity (Wildman–Crippen MR) is 75.6 cm³/mol. The Bertz CT molecular complexity index is 409. The Kier molecular flexibility index (Phi) is 4.45. The quantitative estimate of drug-likeness (QED) is 0.857. The van der Waals surface area contributed by atoms with Crippen LogP contribution < -0.4 is 0 Å². The summed E-state index contributed by atoms with van der Waals surface area (Å²) in [5.74, 6) is 0. The summed E-state index contributed by atoms with van der Waals surface area (Å²) in [7, 11) is 2.02. The lowest BCUT2D eigenvalue weighted by Gasteiger charge is -2.35. The number of ether oxygens (including phenoxy) is 1. The van der Waals surface area contributed by atoms with Gasteiger partial charge in [-0.25, -0.2) is 0 Å². The van der Waals surface area contributed by atoms with E-state index in [1.54, 1.807) is 0 Å². The molecule has 18 heavy (non-hydrogen) atoms. The van der Waals surface area contributed by atoms with E-state index in [-0.39, 0.29) is 0 Å². The molecule has 1 aliphatic heterocycles. The molecular weight excluding hydrogens is 294 g/mol. The number of nitrogens with zero attached hydrogens (tertiary/aromatic N) is 3. The molecular formula is C13H22BrN3O. The van der Waals surface area contributed by atoms with Gasteiger partial charge >= 0.3 is 0 Å². The van der Waals surface area contributed by atoms with E-state index < -0.39 is 0 Å². The lowest BCUT2D eigenvalue weighted by Crippen LogP contribution is -2.45. The Morgan fingerprint density at radius 1 is 1.33 bits per heavy atom. The molecule has 0 saturated carbocycles. The number of halogens is 1. The molecule has 102 valence electrons. The number of aryl methyl sites for hydroxylation is 2. The standard InChI is InChI=1S/C13H22BrN3O/c1-5-11-13(14)12(16(4)15-11)8-17-6-9(2)18-10(3)7-17/h9-10H,5-8H2,1-4H3. The number of rotatable bonds is 3. The molecule has 1 aromatic heterocycles. The minimum Gasteiger partial charge on any atom is -0.373 e. The van der Waals surface area contributed by atoms with E-state index in [1.807, 2.05) is 11.7 Å². The van der Waals surface area contributed by atoms with Gasteiger partial charge in [-0.2, -0.15) is 5.10 Å². The van der Waals surface area contributed by atoms with E-state index in [0.29, 0.717) is 12.2 Å². The fourth-order valence-electron chi connectivity index (χ4n) is 2.62. The summed E-state index contributed by atoms with van der Waals surface area (Å²) in [6, 6.07) is 0. The Labute approximate surface area is 117 Å². The highest BCUT2D eigenvalue weighted by Gasteiger charge is 2.24. The molecule has 2 unspecified atom stereocenters. The summed E-state index contributed by atoms with van der Waals surface area (Å²) in [5, 5.41) is 4.54. The first kappa shape index (κ1) is 14.0. The normalized spacial score (nSPS) is 25.6. The summed E-state index contributed by atoms with van der Waals surface area (Å²) in [6.07, 6.45) is 1.59. The molecule has 2 heterocycles. The van der Waals surface area contributed by atoms with Gasteiger partial charge in [-0.3, -0.25) is 9.58 Å². The van der Waals surface area contributed by atoms with Gasteiger partial charge in [-0.1, -0.05) is 6.92 Å². The van der Waals surface area contributed by atoms with Crippen LogP contribution in [0.4, 0.5) is 0 Å². The maximum atomic E-state index is 5.77. The number of hydrogen-bond acceptors (Lipinski definition) is 3. The summed E-state index contributed by atoms with van der Waals surface area (Å²) in [5.41, 5.74) is 2.40. The van der Waals surface area contributed by atoms with Crippen LogP contribution in [-0.4, -0.2) is 40.0 Å². The molecule has 0 radical (unpaired) electrons. The van der Waals surface area contributed by atoms with Gasteiger partial charge in [0.15, 0.2) is 0 Å². The molecule has 0 aliphatic carbocycles. The second kappa shape index (κ2) is 5.72. The van der Waals surface area contributed by atoms with Crippen LogP contribution in [0.2, 0.25) is 0 Å². The maximum absolute atomic E-state index is 5.77. The predicted octanol–water partition coefficient (Wildman–Crippen LogP) is 2.35. The van der Waals surface area contributed by atoms with Crippen LogP contribution in [0.3, 0.4) is 0 Å². The molecule has 0 N–H and O–H groups in total.